The van der Waals surface area contributed by atoms with Gasteiger partial charge in [-0.1, -0.05) is 42.5 Å². The SMILES string of the molecule is CCOC(=O)C(C)(CCc1ccc(OCc2ccccc2)cc1)C(=O)O. The topological polar surface area (TPSA) is 72.8 Å². The fourth-order valence-electron chi connectivity index (χ4n) is 2.47. The summed E-state index contributed by atoms with van der Waals surface area (Å²) in [4.78, 5) is 23.5. The van der Waals surface area contributed by atoms with E-state index in [0.717, 1.165) is 16.9 Å². The van der Waals surface area contributed by atoms with Crippen molar-refractivity contribution >= 4 is 11.9 Å². The fourth-order valence-corrected chi connectivity index (χ4v) is 2.47. The molecule has 0 saturated carbocycles. The second-order valence-corrected chi connectivity index (χ2v) is 6.28. The predicted molar refractivity (Wildman–Crippen MR) is 97.9 cm³/mol. The van der Waals surface area contributed by atoms with Gasteiger partial charge in [-0.25, -0.2) is 0 Å². The fraction of sp³-hybridized carbons (Fsp3) is 0.333. The first kappa shape index (κ1) is 19.5. The second-order valence-electron chi connectivity index (χ2n) is 6.28. The molecule has 0 heterocycles. The van der Waals surface area contributed by atoms with Gasteiger partial charge in [0.15, 0.2) is 5.41 Å². The molecule has 1 N–H and O–H groups in total. The Bertz CT molecular complexity index is 724. The number of hydrogen-bond acceptors (Lipinski definition) is 4. The molecule has 0 spiro atoms. The molecule has 26 heavy (non-hydrogen) atoms. The van der Waals surface area contributed by atoms with Crippen molar-refractivity contribution in [3.05, 3.63) is 65.7 Å². The molecule has 0 radical (unpaired) electrons. The van der Waals surface area contributed by atoms with Gasteiger partial charge >= 0.3 is 11.9 Å². The Morgan fingerprint density at radius 3 is 2.23 bits per heavy atom. The smallest absolute Gasteiger partial charge is 0.323 e. The third-order valence-electron chi connectivity index (χ3n) is 4.28. The third-order valence-corrected chi connectivity index (χ3v) is 4.28. The van der Waals surface area contributed by atoms with Crippen LogP contribution in [0.25, 0.3) is 0 Å². The quantitative estimate of drug-likeness (QED) is 0.546. The second kappa shape index (κ2) is 9.04. The normalized spacial score (nSPS) is 12.8. The Hall–Kier alpha value is -2.82. The lowest BCUT2D eigenvalue weighted by Gasteiger charge is -2.22. The molecule has 2 aromatic rings. The molecule has 2 aromatic carbocycles. The van der Waals surface area contributed by atoms with Crippen LogP contribution >= 0.6 is 0 Å². The molecule has 5 nitrogen and oxygen atoms in total. The molecule has 0 saturated heterocycles. The minimum Gasteiger partial charge on any atom is -0.489 e. The van der Waals surface area contributed by atoms with Crippen molar-refractivity contribution in [2.75, 3.05) is 6.61 Å². The van der Waals surface area contributed by atoms with Crippen LogP contribution in [0.15, 0.2) is 54.6 Å². The Morgan fingerprint density at radius 2 is 1.65 bits per heavy atom. The predicted octanol–water partition coefficient (Wildman–Crippen LogP) is 3.85. The lowest BCUT2D eigenvalue weighted by Crippen LogP contribution is -2.38. The molecule has 0 aliphatic rings. The molecular formula is C21H24O5. The first-order chi connectivity index (χ1) is 12.5. The molecular weight excluding hydrogens is 332 g/mol. The Labute approximate surface area is 153 Å². The van der Waals surface area contributed by atoms with Gasteiger partial charge in [-0.05, 0) is 49.9 Å². The van der Waals surface area contributed by atoms with E-state index in [2.05, 4.69) is 0 Å². The maximum Gasteiger partial charge on any atom is 0.323 e. The number of ether oxygens (including phenoxy) is 2. The summed E-state index contributed by atoms with van der Waals surface area (Å²) in [5, 5.41) is 9.41. The monoisotopic (exact) mass is 356 g/mol. The molecule has 1 atom stereocenters. The Kier molecular flexibility index (Phi) is 6.78. The number of carboxylic acids is 1. The van der Waals surface area contributed by atoms with Crippen molar-refractivity contribution in [1.29, 1.82) is 0 Å². The summed E-state index contributed by atoms with van der Waals surface area (Å²) in [6, 6.07) is 17.3. The number of carbonyl (C=O) groups excluding carboxylic acids is 1. The Morgan fingerprint density at radius 1 is 1.00 bits per heavy atom. The van der Waals surface area contributed by atoms with Gasteiger partial charge in [0.25, 0.3) is 0 Å². The van der Waals surface area contributed by atoms with Crippen molar-refractivity contribution in [2.24, 2.45) is 5.41 Å². The van der Waals surface area contributed by atoms with E-state index in [1.807, 2.05) is 54.6 Å². The molecule has 0 aliphatic heterocycles. The van der Waals surface area contributed by atoms with Gasteiger partial charge in [-0.3, -0.25) is 9.59 Å². The van der Waals surface area contributed by atoms with Crippen LogP contribution in [0.3, 0.4) is 0 Å². The van der Waals surface area contributed by atoms with E-state index in [1.165, 1.54) is 6.92 Å². The standard InChI is InChI=1S/C21H24O5/c1-3-25-20(24)21(2,19(22)23)14-13-16-9-11-18(12-10-16)26-15-17-7-5-4-6-8-17/h4-12H,3,13-15H2,1-2H3,(H,22,23). The summed E-state index contributed by atoms with van der Waals surface area (Å²) in [6.45, 7) is 3.72. The number of esters is 1. The van der Waals surface area contributed by atoms with Crippen LogP contribution in [0.2, 0.25) is 0 Å². The van der Waals surface area contributed by atoms with Gasteiger partial charge in [0.1, 0.15) is 12.4 Å². The van der Waals surface area contributed by atoms with Crippen LogP contribution < -0.4 is 4.74 Å². The van der Waals surface area contributed by atoms with Crippen LogP contribution in [0.5, 0.6) is 5.75 Å². The van der Waals surface area contributed by atoms with Crippen LogP contribution in [0.1, 0.15) is 31.4 Å². The molecule has 5 heteroatoms. The van der Waals surface area contributed by atoms with E-state index < -0.39 is 17.4 Å². The van der Waals surface area contributed by atoms with Gasteiger partial charge < -0.3 is 14.6 Å². The number of hydrogen-bond donors (Lipinski definition) is 1. The van der Waals surface area contributed by atoms with Crippen LogP contribution in [0.4, 0.5) is 0 Å². The van der Waals surface area contributed by atoms with Crippen molar-refractivity contribution in [2.45, 2.75) is 33.3 Å². The van der Waals surface area contributed by atoms with E-state index in [1.54, 1.807) is 6.92 Å². The van der Waals surface area contributed by atoms with Crippen LogP contribution in [-0.2, 0) is 27.4 Å². The highest BCUT2D eigenvalue weighted by Crippen LogP contribution is 2.27. The van der Waals surface area contributed by atoms with E-state index in [-0.39, 0.29) is 13.0 Å². The average molecular weight is 356 g/mol. The van der Waals surface area contributed by atoms with Crippen molar-refractivity contribution in [3.8, 4) is 5.75 Å². The summed E-state index contributed by atoms with van der Waals surface area (Å²) in [5.74, 6) is -1.13. The lowest BCUT2D eigenvalue weighted by atomic mass is 9.84. The number of carbonyl (C=O) groups is 2. The molecule has 0 fully saturated rings. The first-order valence-electron chi connectivity index (χ1n) is 8.62. The first-order valence-corrected chi connectivity index (χ1v) is 8.62. The molecule has 0 amide bonds. The molecule has 0 bridgehead atoms. The highest BCUT2D eigenvalue weighted by atomic mass is 16.5. The lowest BCUT2D eigenvalue weighted by molar-refractivity contribution is -0.167. The van der Waals surface area contributed by atoms with Crippen molar-refractivity contribution in [1.82, 2.24) is 0 Å². The number of rotatable bonds is 9. The van der Waals surface area contributed by atoms with Gasteiger partial charge in [-0.2, -0.15) is 0 Å². The summed E-state index contributed by atoms with van der Waals surface area (Å²) >= 11 is 0. The van der Waals surface area contributed by atoms with Crippen LogP contribution in [0, 0.1) is 5.41 Å². The van der Waals surface area contributed by atoms with Gasteiger partial charge in [0.2, 0.25) is 0 Å². The maximum absolute atomic E-state index is 12.0. The minimum absolute atomic E-state index is 0.162. The van der Waals surface area contributed by atoms with Crippen molar-refractivity contribution < 1.29 is 24.2 Å². The van der Waals surface area contributed by atoms with Gasteiger partial charge in [0, 0.05) is 0 Å². The number of benzene rings is 2. The molecule has 2 rings (SSSR count). The Balaban J connectivity index is 1.93. The number of aryl methyl sites for hydroxylation is 1. The average Bonchev–Trinajstić information content (AvgIpc) is 2.66. The highest BCUT2D eigenvalue weighted by Gasteiger charge is 2.42. The highest BCUT2D eigenvalue weighted by molar-refractivity contribution is 5.98. The van der Waals surface area contributed by atoms with Gasteiger partial charge in [0.05, 0.1) is 6.61 Å². The summed E-state index contributed by atoms with van der Waals surface area (Å²) in [5.41, 5.74) is 0.482. The zero-order valence-corrected chi connectivity index (χ0v) is 15.1. The zero-order chi connectivity index (χ0) is 19.0. The summed E-state index contributed by atoms with van der Waals surface area (Å²) < 4.78 is 10.6. The minimum atomic E-state index is -1.54. The summed E-state index contributed by atoms with van der Waals surface area (Å²) in [7, 11) is 0. The van der Waals surface area contributed by atoms with Crippen LogP contribution in [-0.4, -0.2) is 23.7 Å². The van der Waals surface area contributed by atoms with Crippen molar-refractivity contribution in [3.63, 3.8) is 0 Å². The number of carboxylic acid groups (broad SMARTS) is 1. The number of aliphatic carboxylic acids is 1. The van der Waals surface area contributed by atoms with E-state index in [0.29, 0.717) is 13.0 Å². The zero-order valence-electron chi connectivity index (χ0n) is 15.1. The van der Waals surface area contributed by atoms with E-state index in [9.17, 15) is 14.7 Å². The third kappa shape index (κ3) is 5.09. The molecule has 138 valence electrons. The maximum atomic E-state index is 12.0. The van der Waals surface area contributed by atoms with E-state index >= 15 is 0 Å². The molecule has 0 aliphatic carbocycles. The van der Waals surface area contributed by atoms with E-state index in [4.69, 9.17) is 9.47 Å². The largest absolute Gasteiger partial charge is 0.489 e. The van der Waals surface area contributed by atoms with Gasteiger partial charge in [-0.15, -0.1) is 0 Å². The summed E-state index contributed by atoms with van der Waals surface area (Å²) in [6.07, 6.45) is 0.631. The molecule has 1 unspecified atom stereocenters. The molecule has 0 aromatic heterocycles.